The van der Waals surface area contributed by atoms with Crippen molar-refractivity contribution in [3.8, 4) is 11.5 Å². The second-order valence-electron chi connectivity index (χ2n) is 7.61. The van der Waals surface area contributed by atoms with Gasteiger partial charge in [-0.3, -0.25) is 4.79 Å². The van der Waals surface area contributed by atoms with E-state index in [-0.39, 0.29) is 35.1 Å². The maximum Gasteiger partial charge on any atom is 0.252 e. The number of benzene rings is 2. The number of methoxy groups -OCH3 is 2. The third-order valence-electron chi connectivity index (χ3n) is 5.47. The molecule has 1 amide bonds. The van der Waals surface area contributed by atoms with Crippen LogP contribution >= 0.6 is 11.8 Å². The Balaban J connectivity index is 1.63. The van der Waals surface area contributed by atoms with E-state index in [0.717, 1.165) is 16.8 Å². The van der Waals surface area contributed by atoms with E-state index in [2.05, 4.69) is 4.99 Å². The molecule has 4 rings (SSSR count). The third-order valence-corrected chi connectivity index (χ3v) is 8.67. The van der Waals surface area contributed by atoms with Gasteiger partial charge in [-0.15, -0.1) is 0 Å². The molecule has 2 aliphatic rings. The predicted octanol–water partition coefficient (Wildman–Crippen LogP) is 2.86. The van der Waals surface area contributed by atoms with Crippen LogP contribution in [0.5, 0.6) is 11.5 Å². The fourth-order valence-corrected chi connectivity index (χ4v) is 7.92. The minimum atomic E-state index is -3.10. The SMILES string of the molecule is COc1ccc(CC(=O)N=C2S[C@@H]3CS(=O)(=O)C[C@@H]3N2c2ccccc2C)cc1OC. The van der Waals surface area contributed by atoms with Gasteiger partial charge in [-0.1, -0.05) is 36.0 Å². The van der Waals surface area contributed by atoms with Gasteiger partial charge in [-0.2, -0.15) is 4.99 Å². The van der Waals surface area contributed by atoms with Crippen molar-refractivity contribution in [3.63, 3.8) is 0 Å². The lowest BCUT2D eigenvalue weighted by Gasteiger charge is -2.26. The highest BCUT2D eigenvalue weighted by Crippen LogP contribution is 2.42. The first-order valence-electron chi connectivity index (χ1n) is 9.85. The Morgan fingerprint density at radius 3 is 2.58 bits per heavy atom. The summed E-state index contributed by atoms with van der Waals surface area (Å²) in [5.74, 6) is 1.03. The highest BCUT2D eigenvalue weighted by Gasteiger charge is 2.49. The van der Waals surface area contributed by atoms with Crippen LogP contribution < -0.4 is 14.4 Å². The Morgan fingerprint density at radius 1 is 1.13 bits per heavy atom. The van der Waals surface area contributed by atoms with Crippen molar-refractivity contribution in [2.75, 3.05) is 30.6 Å². The second kappa shape index (κ2) is 8.55. The number of rotatable bonds is 5. The summed E-state index contributed by atoms with van der Waals surface area (Å²) in [7, 11) is 0.00384. The van der Waals surface area contributed by atoms with Gasteiger partial charge in [0, 0.05) is 10.9 Å². The van der Waals surface area contributed by atoms with Crippen LogP contribution in [0.2, 0.25) is 0 Å². The van der Waals surface area contributed by atoms with Crippen LogP contribution in [-0.2, 0) is 21.1 Å². The maximum absolute atomic E-state index is 12.8. The van der Waals surface area contributed by atoms with Gasteiger partial charge < -0.3 is 14.4 Å². The molecule has 9 heteroatoms. The smallest absolute Gasteiger partial charge is 0.252 e. The molecule has 0 aliphatic carbocycles. The predicted molar refractivity (Wildman–Crippen MR) is 123 cm³/mol. The fourth-order valence-electron chi connectivity index (χ4n) is 3.99. The Hall–Kier alpha value is -2.52. The average Bonchev–Trinajstić information content (AvgIpc) is 3.19. The van der Waals surface area contributed by atoms with Crippen molar-refractivity contribution in [2.45, 2.75) is 24.6 Å². The summed E-state index contributed by atoms with van der Waals surface area (Å²) < 4.78 is 35.0. The third kappa shape index (κ3) is 4.43. The van der Waals surface area contributed by atoms with E-state index < -0.39 is 9.84 Å². The first kappa shape index (κ1) is 21.7. The number of amidine groups is 1. The molecular formula is C22H24N2O5S2. The van der Waals surface area contributed by atoms with Crippen LogP contribution in [0.25, 0.3) is 0 Å². The van der Waals surface area contributed by atoms with Gasteiger partial charge in [0.05, 0.1) is 38.2 Å². The number of fused-ring (bicyclic) bond motifs is 1. The van der Waals surface area contributed by atoms with Crippen LogP contribution in [0.1, 0.15) is 11.1 Å². The molecule has 0 unspecified atom stereocenters. The molecule has 0 aromatic heterocycles. The molecule has 0 radical (unpaired) electrons. The summed E-state index contributed by atoms with van der Waals surface area (Å²) in [5, 5.41) is 0.432. The number of ether oxygens (including phenoxy) is 2. The quantitative estimate of drug-likeness (QED) is 0.678. The monoisotopic (exact) mass is 460 g/mol. The molecule has 2 aromatic rings. The summed E-state index contributed by atoms with van der Waals surface area (Å²) in [6, 6.07) is 12.9. The number of carbonyl (C=O) groups excluding carboxylic acids is 1. The van der Waals surface area contributed by atoms with Crippen molar-refractivity contribution in [3.05, 3.63) is 53.6 Å². The van der Waals surface area contributed by atoms with Crippen molar-refractivity contribution >= 4 is 38.4 Å². The normalized spacial score (nSPS) is 23.1. The molecule has 2 fully saturated rings. The molecule has 2 heterocycles. The van der Waals surface area contributed by atoms with Gasteiger partial charge in [-0.25, -0.2) is 8.42 Å². The minimum absolute atomic E-state index is 0.0713. The molecule has 2 aromatic carbocycles. The zero-order valence-corrected chi connectivity index (χ0v) is 19.2. The van der Waals surface area contributed by atoms with Gasteiger partial charge in [0.25, 0.3) is 5.91 Å². The molecule has 2 atom stereocenters. The van der Waals surface area contributed by atoms with E-state index in [1.165, 1.54) is 11.8 Å². The summed E-state index contributed by atoms with van der Waals surface area (Å²) >= 11 is 1.38. The molecule has 164 valence electrons. The van der Waals surface area contributed by atoms with Gasteiger partial charge in [0.1, 0.15) is 0 Å². The van der Waals surface area contributed by atoms with Crippen molar-refractivity contribution < 1.29 is 22.7 Å². The summed E-state index contributed by atoms with van der Waals surface area (Å²) in [6.07, 6.45) is 0.111. The Morgan fingerprint density at radius 2 is 1.87 bits per heavy atom. The molecule has 7 nitrogen and oxygen atoms in total. The Bertz CT molecular complexity index is 1150. The summed E-state index contributed by atoms with van der Waals surface area (Å²) in [6.45, 7) is 1.97. The largest absolute Gasteiger partial charge is 0.493 e. The topological polar surface area (TPSA) is 85.3 Å². The summed E-state index contributed by atoms with van der Waals surface area (Å²) in [4.78, 5) is 19.1. The number of thioether (sulfide) groups is 1. The number of para-hydroxylation sites is 1. The zero-order valence-electron chi connectivity index (χ0n) is 17.6. The molecule has 2 aliphatic heterocycles. The van der Waals surface area contributed by atoms with Gasteiger partial charge >= 0.3 is 0 Å². The standard InChI is InChI=1S/C22H24N2O5S2/c1-14-6-4-5-7-16(14)24-17-12-31(26,27)13-20(17)30-22(24)23-21(25)11-15-8-9-18(28-2)19(10-15)29-3/h4-10,17,20H,11-13H2,1-3H3/t17-,20+/m0/s1. The average molecular weight is 461 g/mol. The lowest BCUT2D eigenvalue weighted by atomic mass is 10.1. The number of hydrogen-bond acceptors (Lipinski definition) is 6. The molecule has 0 bridgehead atoms. The number of aryl methyl sites for hydroxylation is 1. The molecule has 31 heavy (non-hydrogen) atoms. The lowest BCUT2D eigenvalue weighted by Crippen LogP contribution is -2.38. The van der Waals surface area contributed by atoms with Gasteiger partial charge in [0.2, 0.25) is 0 Å². The number of amides is 1. The van der Waals surface area contributed by atoms with Crippen LogP contribution in [0.4, 0.5) is 5.69 Å². The molecule has 0 spiro atoms. The van der Waals surface area contributed by atoms with Crippen molar-refractivity contribution in [1.82, 2.24) is 0 Å². The van der Waals surface area contributed by atoms with E-state index in [0.29, 0.717) is 16.7 Å². The van der Waals surface area contributed by atoms with E-state index in [1.807, 2.05) is 42.2 Å². The number of nitrogens with zero attached hydrogens (tertiary/aromatic N) is 2. The first-order chi connectivity index (χ1) is 14.8. The number of aliphatic imine (C=N–C) groups is 1. The Labute approximate surface area is 186 Å². The van der Waals surface area contributed by atoms with Crippen LogP contribution in [0.3, 0.4) is 0 Å². The number of hydrogen-bond donors (Lipinski definition) is 0. The minimum Gasteiger partial charge on any atom is -0.493 e. The van der Waals surface area contributed by atoms with Crippen molar-refractivity contribution in [2.24, 2.45) is 4.99 Å². The highest BCUT2D eigenvalue weighted by molar-refractivity contribution is 8.16. The van der Waals surface area contributed by atoms with Crippen LogP contribution in [0, 0.1) is 6.92 Å². The zero-order chi connectivity index (χ0) is 22.2. The molecule has 0 saturated carbocycles. The first-order valence-corrected chi connectivity index (χ1v) is 12.6. The molecular weight excluding hydrogens is 436 g/mol. The van der Waals surface area contributed by atoms with Gasteiger partial charge in [0.15, 0.2) is 26.5 Å². The maximum atomic E-state index is 12.8. The fraction of sp³-hybridized carbons (Fsp3) is 0.364. The number of carbonyl (C=O) groups is 1. The lowest BCUT2D eigenvalue weighted by molar-refractivity contribution is -0.117. The van der Waals surface area contributed by atoms with E-state index >= 15 is 0 Å². The van der Waals surface area contributed by atoms with Gasteiger partial charge in [-0.05, 0) is 36.2 Å². The molecule has 2 saturated heterocycles. The van der Waals surface area contributed by atoms with Crippen molar-refractivity contribution in [1.29, 1.82) is 0 Å². The Kier molecular flexibility index (Phi) is 5.98. The van der Waals surface area contributed by atoms with E-state index in [1.54, 1.807) is 26.4 Å². The van der Waals surface area contributed by atoms with E-state index in [9.17, 15) is 13.2 Å². The van der Waals surface area contributed by atoms with E-state index in [4.69, 9.17) is 9.47 Å². The van der Waals surface area contributed by atoms with Crippen LogP contribution in [-0.4, -0.2) is 56.5 Å². The molecule has 0 N–H and O–H groups in total. The second-order valence-corrected chi connectivity index (χ2v) is 11.0. The number of sulfone groups is 1. The van der Waals surface area contributed by atoms with Crippen LogP contribution in [0.15, 0.2) is 47.5 Å². The number of anilines is 1. The summed E-state index contributed by atoms with van der Waals surface area (Å²) in [5.41, 5.74) is 2.66. The highest BCUT2D eigenvalue weighted by atomic mass is 32.2.